The highest BCUT2D eigenvalue weighted by Gasteiger charge is 2.24. The van der Waals surface area contributed by atoms with E-state index >= 15 is 0 Å². The number of nitrogens with zero attached hydrogens (tertiary/aromatic N) is 2. The van der Waals surface area contributed by atoms with E-state index in [1.807, 2.05) is 51.1 Å². The number of rotatable bonds is 4. The third kappa shape index (κ3) is 3.78. The van der Waals surface area contributed by atoms with Gasteiger partial charge < -0.3 is 10.1 Å². The predicted molar refractivity (Wildman–Crippen MR) is 83.4 cm³/mol. The molecule has 0 aliphatic rings. The molecule has 1 aromatic carbocycles. The summed E-state index contributed by atoms with van der Waals surface area (Å²) in [6.07, 6.45) is 0. The number of carbonyl (C=O) groups excluding carboxylic acids is 1. The van der Waals surface area contributed by atoms with Crippen molar-refractivity contribution in [1.29, 1.82) is 0 Å². The molecule has 1 unspecified atom stereocenters. The van der Waals surface area contributed by atoms with Crippen LogP contribution in [0.25, 0.3) is 0 Å². The van der Waals surface area contributed by atoms with Gasteiger partial charge in [0.25, 0.3) is 0 Å². The third-order valence-electron chi connectivity index (χ3n) is 2.93. The number of benzene rings is 1. The summed E-state index contributed by atoms with van der Waals surface area (Å²) in [6.45, 7) is 6.15. The van der Waals surface area contributed by atoms with Gasteiger partial charge in [-0.1, -0.05) is 51.1 Å². The van der Waals surface area contributed by atoms with Crippen LogP contribution in [0.3, 0.4) is 0 Å². The minimum Gasteiger partial charge on any atom is -0.467 e. The van der Waals surface area contributed by atoms with Crippen LogP contribution < -0.4 is 5.32 Å². The molecule has 112 valence electrons. The van der Waals surface area contributed by atoms with Gasteiger partial charge in [0.2, 0.25) is 5.13 Å². The summed E-state index contributed by atoms with van der Waals surface area (Å²) in [5.74, 6) is 0.403. The summed E-state index contributed by atoms with van der Waals surface area (Å²) in [5.41, 5.74) is 0.709. The van der Waals surface area contributed by atoms with Crippen LogP contribution in [0, 0.1) is 0 Å². The Morgan fingerprint density at radius 1 is 1.29 bits per heavy atom. The predicted octanol–water partition coefficient (Wildman–Crippen LogP) is 3.16. The Kier molecular flexibility index (Phi) is 4.57. The van der Waals surface area contributed by atoms with E-state index in [4.69, 9.17) is 4.74 Å². The monoisotopic (exact) mass is 305 g/mol. The minimum absolute atomic E-state index is 0.121. The van der Waals surface area contributed by atoms with E-state index in [9.17, 15) is 4.79 Å². The van der Waals surface area contributed by atoms with E-state index in [-0.39, 0.29) is 11.4 Å². The van der Waals surface area contributed by atoms with Gasteiger partial charge in [-0.2, -0.15) is 4.37 Å². The number of hydrogen-bond donors (Lipinski definition) is 1. The molecule has 1 aromatic heterocycles. The first-order valence-electron chi connectivity index (χ1n) is 6.65. The summed E-state index contributed by atoms with van der Waals surface area (Å²) in [6, 6.07) is 8.83. The lowest BCUT2D eigenvalue weighted by molar-refractivity contribution is -0.141. The van der Waals surface area contributed by atoms with Crippen LogP contribution >= 0.6 is 11.5 Å². The summed E-state index contributed by atoms with van der Waals surface area (Å²) >= 11 is 1.25. The Labute approximate surface area is 128 Å². The molecule has 0 aliphatic carbocycles. The maximum Gasteiger partial charge on any atom is 0.333 e. The van der Waals surface area contributed by atoms with Crippen LogP contribution in [0.5, 0.6) is 0 Å². The number of carbonyl (C=O) groups is 1. The molecule has 0 saturated carbocycles. The second-order valence-corrected chi connectivity index (χ2v) is 6.44. The lowest BCUT2D eigenvalue weighted by atomic mass is 9.96. The second-order valence-electron chi connectivity index (χ2n) is 5.68. The van der Waals surface area contributed by atoms with Crippen molar-refractivity contribution in [3.63, 3.8) is 0 Å². The zero-order valence-electron chi connectivity index (χ0n) is 12.6. The number of nitrogens with one attached hydrogen (secondary N) is 1. The molecule has 1 N–H and O–H groups in total. The van der Waals surface area contributed by atoms with Crippen molar-refractivity contribution in [2.75, 3.05) is 12.4 Å². The van der Waals surface area contributed by atoms with Crippen LogP contribution in [0.15, 0.2) is 30.3 Å². The van der Waals surface area contributed by atoms with Gasteiger partial charge in [0.15, 0.2) is 6.04 Å². The highest BCUT2D eigenvalue weighted by Crippen LogP contribution is 2.26. The molecule has 0 fully saturated rings. The molecule has 5 nitrogen and oxygen atoms in total. The van der Waals surface area contributed by atoms with Gasteiger partial charge in [-0.25, -0.2) is 9.78 Å². The summed E-state index contributed by atoms with van der Waals surface area (Å²) in [7, 11) is 1.38. The first kappa shape index (κ1) is 15.4. The average Bonchev–Trinajstić information content (AvgIpc) is 2.93. The molecule has 21 heavy (non-hydrogen) atoms. The summed E-state index contributed by atoms with van der Waals surface area (Å²) < 4.78 is 9.20. The van der Waals surface area contributed by atoms with Gasteiger partial charge in [0.1, 0.15) is 5.82 Å². The average molecular weight is 305 g/mol. The number of anilines is 1. The fourth-order valence-electron chi connectivity index (χ4n) is 1.75. The van der Waals surface area contributed by atoms with Crippen LogP contribution in [-0.4, -0.2) is 22.4 Å². The van der Waals surface area contributed by atoms with E-state index in [1.54, 1.807) is 0 Å². The molecule has 0 saturated heterocycles. The maximum absolute atomic E-state index is 12.0. The molecule has 0 spiro atoms. The topological polar surface area (TPSA) is 64.1 Å². The Balaban J connectivity index is 2.24. The number of hydrogen-bond acceptors (Lipinski definition) is 6. The first-order chi connectivity index (χ1) is 9.91. The minimum atomic E-state index is -0.586. The van der Waals surface area contributed by atoms with Gasteiger partial charge >= 0.3 is 5.97 Å². The van der Waals surface area contributed by atoms with Crippen LogP contribution in [-0.2, 0) is 14.9 Å². The molecule has 2 rings (SSSR count). The van der Waals surface area contributed by atoms with Gasteiger partial charge in [-0.3, -0.25) is 0 Å². The number of methoxy groups -OCH3 is 1. The second kappa shape index (κ2) is 6.22. The normalized spacial score (nSPS) is 12.8. The van der Waals surface area contributed by atoms with Gasteiger partial charge in [-0.05, 0) is 5.56 Å². The molecule has 0 aliphatic heterocycles. The lowest BCUT2D eigenvalue weighted by Crippen LogP contribution is -2.22. The van der Waals surface area contributed by atoms with Crippen LogP contribution in [0.2, 0.25) is 0 Å². The molecule has 2 aromatic rings. The maximum atomic E-state index is 12.0. The fourth-order valence-corrected chi connectivity index (χ4v) is 2.54. The van der Waals surface area contributed by atoms with Crippen LogP contribution in [0.1, 0.15) is 38.2 Å². The fraction of sp³-hybridized carbons (Fsp3) is 0.400. The Morgan fingerprint density at radius 2 is 1.95 bits per heavy atom. The van der Waals surface area contributed by atoms with E-state index in [0.717, 1.165) is 11.4 Å². The number of esters is 1. The van der Waals surface area contributed by atoms with Gasteiger partial charge in [-0.15, -0.1) is 0 Å². The Morgan fingerprint density at radius 3 is 2.48 bits per heavy atom. The standard InChI is InChI=1S/C15H19N3O2S/c1-15(2,3)13-17-14(21-18-13)16-11(12(19)20-4)10-8-6-5-7-9-10/h5-9,11H,1-4H3,(H,16,17,18). The molecule has 0 amide bonds. The number of aromatic nitrogens is 2. The van der Waals surface area contributed by atoms with Crippen molar-refractivity contribution in [2.24, 2.45) is 0 Å². The third-order valence-corrected chi connectivity index (χ3v) is 3.58. The quantitative estimate of drug-likeness (QED) is 0.879. The van der Waals surface area contributed by atoms with E-state index < -0.39 is 6.04 Å². The van der Waals surface area contributed by atoms with Crippen LogP contribution in [0.4, 0.5) is 5.13 Å². The first-order valence-corrected chi connectivity index (χ1v) is 7.42. The smallest absolute Gasteiger partial charge is 0.333 e. The van der Waals surface area contributed by atoms with Crippen molar-refractivity contribution in [3.05, 3.63) is 41.7 Å². The van der Waals surface area contributed by atoms with E-state index in [0.29, 0.717) is 5.13 Å². The Hall–Kier alpha value is -1.95. The van der Waals surface area contributed by atoms with Crippen molar-refractivity contribution in [3.8, 4) is 0 Å². The van der Waals surface area contributed by atoms with Crippen molar-refractivity contribution >= 4 is 22.6 Å². The molecular formula is C15H19N3O2S. The molecule has 1 heterocycles. The molecule has 0 radical (unpaired) electrons. The van der Waals surface area contributed by atoms with E-state index in [2.05, 4.69) is 14.7 Å². The van der Waals surface area contributed by atoms with Gasteiger partial charge in [0, 0.05) is 16.9 Å². The van der Waals surface area contributed by atoms with Gasteiger partial charge in [0.05, 0.1) is 7.11 Å². The lowest BCUT2D eigenvalue weighted by Gasteiger charge is -2.16. The zero-order valence-corrected chi connectivity index (χ0v) is 13.4. The van der Waals surface area contributed by atoms with Crippen molar-refractivity contribution in [1.82, 2.24) is 9.36 Å². The SMILES string of the molecule is COC(=O)C(Nc1nc(C(C)(C)C)ns1)c1ccccc1. The zero-order chi connectivity index (χ0) is 15.5. The molecular weight excluding hydrogens is 286 g/mol. The van der Waals surface area contributed by atoms with Crippen molar-refractivity contribution in [2.45, 2.75) is 32.2 Å². The summed E-state index contributed by atoms with van der Waals surface area (Å²) in [4.78, 5) is 16.4. The van der Waals surface area contributed by atoms with Crippen molar-refractivity contribution < 1.29 is 9.53 Å². The molecule has 1 atom stereocenters. The Bertz CT molecular complexity index is 605. The molecule has 0 bridgehead atoms. The summed E-state index contributed by atoms with van der Waals surface area (Å²) in [5, 5.41) is 3.72. The molecule has 6 heteroatoms. The van der Waals surface area contributed by atoms with E-state index in [1.165, 1.54) is 18.6 Å². The number of ether oxygens (including phenoxy) is 1. The highest BCUT2D eigenvalue weighted by molar-refractivity contribution is 7.09. The largest absolute Gasteiger partial charge is 0.467 e. The highest BCUT2D eigenvalue weighted by atomic mass is 32.1.